The summed E-state index contributed by atoms with van der Waals surface area (Å²) in [5.41, 5.74) is 1.87. The van der Waals surface area contributed by atoms with E-state index in [1.54, 1.807) is 42.5 Å². The van der Waals surface area contributed by atoms with Gasteiger partial charge in [-0.15, -0.1) is 0 Å². The van der Waals surface area contributed by atoms with Crippen LogP contribution in [0.5, 0.6) is 0 Å². The number of nitrogens with zero attached hydrogens (tertiary/aromatic N) is 1. The first-order chi connectivity index (χ1) is 12.4. The van der Waals surface area contributed by atoms with Crippen molar-refractivity contribution in [3.05, 3.63) is 70.8 Å². The van der Waals surface area contributed by atoms with E-state index in [9.17, 15) is 13.2 Å². The first-order valence-electron chi connectivity index (χ1n) is 8.45. The van der Waals surface area contributed by atoms with Crippen molar-refractivity contribution < 1.29 is 13.2 Å². The molecule has 0 aromatic heterocycles. The summed E-state index contributed by atoms with van der Waals surface area (Å²) in [6, 6.07) is 13.3. The van der Waals surface area contributed by atoms with E-state index < -0.39 is 16.1 Å². The molecule has 2 aromatic rings. The molecule has 1 atom stereocenters. The molecule has 0 bridgehead atoms. The Kier molecular flexibility index (Phi) is 5.49. The van der Waals surface area contributed by atoms with E-state index in [0.717, 1.165) is 15.4 Å². The van der Waals surface area contributed by atoms with Crippen LogP contribution in [0, 0.1) is 6.92 Å². The summed E-state index contributed by atoms with van der Waals surface area (Å²) >= 11 is 5.89. The standard InChI is InChI=1S/C20H20ClNO3S/c1-15-5-13-19(14-6-15)26(24,25)22-18(3-2-4-20(22)23)12-9-16-7-10-17(21)11-8-16/h5-14,18H,2-4H2,1H3/b12-9+. The number of amides is 1. The van der Waals surface area contributed by atoms with Crippen LogP contribution >= 0.6 is 11.6 Å². The molecule has 1 aliphatic heterocycles. The van der Waals surface area contributed by atoms with Gasteiger partial charge in [0, 0.05) is 11.4 Å². The predicted octanol–water partition coefficient (Wildman–Crippen LogP) is 4.43. The Balaban J connectivity index is 1.92. The number of aryl methyl sites for hydroxylation is 1. The molecule has 1 unspecified atom stereocenters. The maximum absolute atomic E-state index is 13.0. The largest absolute Gasteiger partial charge is 0.274 e. The van der Waals surface area contributed by atoms with Crippen LogP contribution in [0.2, 0.25) is 5.02 Å². The Morgan fingerprint density at radius 3 is 2.38 bits per heavy atom. The minimum atomic E-state index is -3.88. The fourth-order valence-corrected chi connectivity index (χ4v) is 4.71. The lowest BCUT2D eigenvalue weighted by Crippen LogP contribution is -2.46. The highest BCUT2D eigenvalue weighted by Gasteiger charge is 2.36. The molecule has 0 saturated carbocycles. The lowest BCUT2D eigenvalue weighted by molar-refractivity contribution is -0.129. The first-order valence-corrected chi connectivity index (χ1v) is 10.3. The van der Waals surface area contributed by atoms with Crippen molar-refractivity contribution in [3.8, 4) is 0 Å². The van der Waals surface area contributed by atoms with Crippen LogP contribution in [0.15, 0.2) is 59.5 Å². The molecule has 6 heteroatoms. The molecule has 1 aliphatic rings. The second-order valence-corrected chi connectivity index (χ2v) is 8.63. The smallest absolute Gasteiger partial charge is 0.267 e. The Morgan fingerprint density at radius 2 is 1.73 bits per heavy atom. The number of sulfonamides is 1. The van der Waals surface area contributed by atoms with Gasteiger partial charge < -0.3 is 0 Å². The molecule has 1 heterocycles. The quantitative estimate of drug-likeness (QED) is 0.777. The van der Waals surface area contributed by atoms with E-state index in [1.807, 2.05) is 25.1 Å². The van der Waals surface area contributed by atoms with Crippen molar-refractivity contribution in [1.82, 2.24) is 4.31 Å². The van der Waals surface area contributed by atoms with E-state index >= 15 is 0 Å². The molecule has 0 aliphatic carbocycles. The molecule has 3 rings (SSSR count). The normalized spacial score (nSPS) is 18.5. The second kappa shape index (κ2) is 7.64. The highest BCUT2D eigenvalue weighted by molar-refractivity contribution is 7.89. The SMILES string of the molecule is Cc1ccc(S(=O)(=O)N2C(=O)CCCC2/C=C/c2ccc(Cl)cc2)cc1. The van der Waals surface area contributed by atoms with Crippen molar-refractivity contribution in [2.45, 2.75) is 37.1 Å². The summed E-state index contributed by atoms with van der Waals surface area (Å²) in [4.78, 5) is 12.6. The van der Waals surface area contributed by atoms with E-state index in [0.29, 0.717) is 17.9 Å². The lowest BCUT2D eigenvalue weighted by atomic mass is 10.0. The third kappa shape index (κ3) is 4.00. The zero-order valence-electron chi connectivity index (χ0n) is 14.4. The third-order valence-electron chi connectivity index (χ3n) is 4.40. The van der Waals surface area contributed by atoms with Gasteiger partial charge >= 0.3 is 0 Å². The fraction of sp³-hybridized carbons (Fsp3) is 0.250. The van der Waals surface area contributed by atoms with E-state index in [1.165, 1.54) is 0 Å². The average molecular weight is 390 g/mol. The molecule has 0 N–H and O–H groups in total. The van der Waals surface area contributed by atoms with Gasteiger partial charge in [0.2, 0.25) is 5.91 Å². The van der Waals surface area contributed by atoms with E-state index in [2.05, 4.69) is 0 Å². The number of carbonyl (C=O) groups excluding carboxylic acids is 1. The van der Waals surface area contributed by atoms with Crippen molar-refractivity contribution >= 4 is 33.6 Å². The van der Waals surface area contributed by atoms with Crippen LogP contribution in [-0.2, 0) is 14.8 Å². The summed E-state index contributed by atoms with van der Waals surface area (Å²) in [5, 5.41) is 0.638. The predicted molar refractivity (Wildman–Crippen MR) is 103 cm³/mol. The molecule has 1 saturated heterocycles. The molecule has 0 radical (unpaired) electrons. The summed E-state index contributed by atoms with van der Waals surface area (Å²) in [6.45, 7) is 1.89. The number of hydrogen-bond donors (Lipinski definition) is 0. The number of benzene rings is 2. The summed E-state index contributed by atoms with van der Waals surface area (Å²) < 4.78 is 27.1. The van der Waals surface area contributed by atoms with Gasteiger partial charge in [-0.2, -0.15) is 0 Å². The Labute approximate surface area is 159 Å². The van der Waals surface area contributed by atoms with Crippen LogP contribution in [-0.4, -0.2) is 24.7 Å². The average Bonchev–Trinajstić information content (AvgIpc) is 2.61. The Hall–Kier alpha value is -2.11. The van der Waals surface area contributed by atoms with Gasteiger partial charge in [0.05, 0.1) is 10.9 Å². The van der Waals surface area contributed by atoms with Gasteiger partial charge in [0.15, 0.2) is 0 Å². The minimum Gasteiger partial charge on any atom is -0.274 e. The lowest BCUT2D eigenvalue weighted by Gasteiger charge is -2.33. The Bertz CT molecular complexity index is 919. The minimum absolute atomic E-state index is 0.142. The molecule has 1 fully saturated rings. The zero-order chi connectivity index (χ0) is 18.7. The van der Waals surface area contributed by atoms with Crippen LogP contribution in [0.1, 0.15) is 30.4 Å². The monoisotopic (exact) mass is 389 g/mol. The maximum atomic E-state index is 13.0. The maximum Gasteiger partial charge on any atom is 0.267 e. The second-order valence-electron chi connectivity index (χ2n) is 6.38. The highest BCUT2D eigenvalue weighted by atomic mass is 35.5. The van der Waals surface area contributed by atoms with Crippen molar-refractivity contribution in [2.24, 2.45) is 0 Å². The number of rotatable bonds is 4. The molecule has 136 valence electrons. The van der Waals surface area contributed by atoms with Gasteiger partial charge in [-0.05, 0) is 49.6 Å². The van der Waals surface area contributed by atoms with Crippen LogP contribution in [0.25, 0.3) is 6.08 Å². The Morgan fingerprint density at radius 1 is 1.08 bits per heavy atom. The topological polar surface area (TPSA) is 54.5 Å². The number of hydrogen-bond acceptors (Lipinski definition) is 3. The molecule has 26 heavy (non-hydrogen) atoms. The van der Waals surface area contributed by atoms with Gasteiger partial charge in [-0.25, -0.2) is 12.7 Å². The number of piperidine rings is 1. The molecule has 1 amide bonds. The number of carbonyl (C=O) groups is 1. The van der Waals surface area contributed by atoms with Crippen molar-refractivity contribution in [2.75, 3.05) is 0 Å². The molecule has 4 nitrogen and oxygen atoms in total. The molecule has 2 aromatic carbocycles. The van der Waals surface area contributed by atoms with Crippen molar-refractivity contribution in [3.63, 3.8) is 0 Å². The van der Waals surface area contributed by atoms with Crippen LogP contribution in [0.3, 0.4) is 0 Å². The zero-order valence-corrected chi connectivity index (χ0v) is 16.0. The molecular formula is C20H20ClNO3S. The highest BCUT2D eigenvalue weighted by Crippen LogP contribution is 2.28. The van der Waals surface area contributed by atoms with Crippen LogP contribution in [0.4, 0.5) is 0 Å². The molecular weight excluding hydrogens is 370 g/mol. The van der Waals surface area contributed by atoms with E-state index in [-0.39, 0.29) is 17.2 Å². The fourth-order valence-electron chi connectivity index (χ4n) is 2.98. The summed E-state index contributed by atoms with van der Waals surface area (Å²) in [5.74, 6) is -0.359. The summed E-state index contributed by atoms with van der Waals surface area (Å²) in [7, 11) is -3.88. The van der Waals surface area contributed by atoms with Crippen molar-refractivity contribution in [1.29, 1.82) is 0 Å². The van der Waals surface area contributed by atoms with E-state index in [4.69, 9.17) is 11.6 Å². The summed E-state index contributed by atoms with van der Waals surface area (Å²) in [6.07, 6.45) is 5.15. The first kappa shape index (κ1) is 18.7. The van der Waals surface area contributed by atoms with Gasteiger partial charge in [0.25, 0.3) is 10.0 Å². The molecule has 0 spiro atoms. The van der Waals surface area contributed by atoms with Gasteiger partial charge in [0.1, 0.15) is 0 Å². The third-order valence-corrected chi connectivity index (χ3v) is 6.51. The van der Waals surface area contributed by atoms with Gasteiger partial charge in [-0.3, -0.25) is 4.79 Å². The number of halogens is 1. The van der Waals surface area contributed by atoms with Crippen LogP contribution < -0.4 is 0 Å². The van der Waals surface area contributed by atoms with Gasteiger partial charge in [-0.1, -0.05) is 53.6 Å².